The maximum Gasteiger partial charge on any atom is 0.136 e. The van der Waals surface area contributed by atoms with Gasteiger partial charge in [0.2, 0.25) is 0 Å². The Balaban J connectivity index is 0.899. The van der Waals surface area contributed by atoms with Gasteiger partial charge in [-0.25, -0.2) is 0 Å². The monoisotopic (exact) mass is 956 g/mol. The number of fused-ring (bicyclic) bond motifs is 6. The molecule has 0 unspecified atom stereocenters. The summed E-state index contributed by atoms with van der Waals surface area (Å²) in [7, 11) is 0. The molecule has 0 radical (unpaired) electrons. The van der Waals surface area contributed by atoms with E-state index in [0.29, 0.717) is 0 Å². The summed E-state index contributed by atoms with van der Waals surface area (Å²) in [6, 6.07) is 105. The largest absolute Gasteiger partial charge is 0.456 e. The number of anilines is 6. The Morgan fingerprint density at radius 3 is 1.44 bits per heavy atom. The van der Waals surface area contributed by atoms with E-state index in [2.05, 4.69) is 289 Å². The van der Waals surface area contributed by atoms with Crippen molar-refractivity contribution in [3.05, 3.63) is 291 Å². The molecule has 0 N–H and O–H groups in total. The highest BCUT2D eigenvalue weighted by molar-refractivity contribution is 6.13. The van der Waals surface area contributed by atoms with Gasteiger partial charge in [-0.15, -0.1) is 0 Å². The van der Waals surface area contributed by atoms with Crippen molar-refractivity contribution in [1.82, 2.24) is 0 Å². The number of rotatable bonds is 10. The lowest BCUT2D eigenvalue weighted by atomic mass is 9.96. The van der Waals surface area contributed by atoms with Crippen molar-refractivity contribution >= 4 is 88.4 Å². The average Bonchev–Trinajstić information content (AvgIpc) is 3.88. The van der Waals surface area contributed by atoms with E-state index in [1.54, 1.807) is 0 Å². The fourth-order valence-electron chi connectivity index (χ4n) is 11.2. The number of benzene rings is 13. The lowest BCUT2D eigenvalue weighted by Crippen LogP contribution is -2.12. The van der Waals surface area contributed by atoms with Gasteiger partial charge in [-0.05, 0) is 133 Å². The highest BCUT2D eigenvalue weighted by Crippen LogP contribution is 2.47. The SMILES string of the molecule is c1ccc(-c2ccc(-c3cccc(N(c4cccc(-c5ccccc5N(c5ccc6cc(-c7cccc8oc9ccccc9c78)ccc6c5)c5cccc6ccccc56)c4)c4cccc5ccccc45)c3)cc2)cc1. The number of furan rings is 1. The lowest BCUT2D eigenvalue weighted by Gasteiger charge is -2.30. The molecule has 13 aromatic carbocycles. The van der Waals surface area contributed by atoms with Gasteiger partial charge in [-0.2, -0.15) is 0 Å². The molecule has 0 atom stereocenters. The molecule has 0 bridgehead atoms. The van der Waals surface area contributed by atoms with E-state index in [4.69, 9.17) is 4.42 Å². The zero-order valence-corrected chi connectivity index (χ0v) is 41.0. The van der Waals surface area contributed by atoms with Crippen LogP contribution in [0.2, 0.25) is 0 Å². The van der Waals surface area contributed by atoms with Gasteiger partial charge in [0, 0.05) is 44.2 Å². The second-order valence-electron chi connectivity index (χ2n) is 19.3. The van der Waals surface area contributed by atoms with Crippen LogP contribution in [0, 0.1) is 0 Å². The molecule has 14 aromatic rings. The molecule has 3 heteroatoms. The molecule has 75 heavy (non-hydrogen) atoms. The van der Waals surface area contributed by atoms with Crippen LogP contribution in [-0.4, -0.2) is 0 Å². The maximum absolute atomic E-state index is 6.30. The van der Waals surface area contributed by atoms with Crippen molar-refractivity contribution in [3.8, 4) is 44.5 Å². The molecule has 0 aliphatic rings. The first-order chi connectivity index (χ1) is 37.2. The quantitative estimate of drug-likeness (QED) is 0.136. The first kappa shape index (κ1) is 43.8. The van der Waals surface area contributed by atoms with Gasteiger partial charge in [0.05, 0.1) is 17.1 Å². The molecule has 0 fully saturated rings. The second-order valence-corrected chi connectivity index (χ2v) is 19.3. The van der Waals surface area contributed by atoms with E-state index in [1.165, 1.54) is 43.6 Å². The molecule has 1 aromatic heterocycles. The summed E-state index contributed by atoms with van der Waals surface area (Å²) in [5.41, 5.74) is 17.6. The average molecular weight is 957 g/mol. The summed E-state index contributed by atoms with van der Waals surface area (Å²) >= 11 is 0. The van der Waals surface area contributed by atoms with E-state index >= 15 is 0 Å². The molecule has 0 aliphatic heterocycles. The first-order valence-corrected chi connectivity index (χ1v) is 25.6. The van der Waals surface area contributed by atoms with Crippen molar-refractivity contribution in [2.45, 2.75) is 0 Å². The van der Waals surface area contributed by atoms with E-state index in [-0.39, 0.29) is 0 Å². The molecule has 0 amide bonds. The summed E-state index contributed by atoms with van der Waals surface area (Å²) in [4.78, 5) is 4.87. The molecule has 0 saturated carbocycles. The number of para-hydroxylation sites is 2. The third-order valence-corrected chi connectivity index (χ3v) is 14.8. The number of hydrogen-bond acceptors (Lipinski definition) is 3. The molecule has 0 saturated heterocycles. The van der Waals surface area contributed by atoms with Crippen LogP contribution >= 0.6 is 0 Å². The molecule has 14 rings (SSSR count). The highest BCUT2D eigenvalue weighted by Gasteiger charge is 2.22. The Morgan fingerprint density at radius 2 is 0.680 bits per heavy atom. The standard InChI is InChI=1S/C72H48N2O/c1-2-17-49(18-3-1)50-37-39-51(40-38-50)54-23-12-25-59(46-54)73(67-33-14-21-52-19-4-6-27-62(52)67)60-26-13-24-57(48-60)64-29-8-10-32-68(64)74(69-34-15-22-53-20-5-7-28-63(53)69)61-44-43-55-45-58(42-41-56(55)47-61)65-31-16-36-71-72(65)66-30-9-11-35-70(66)75-71/h1-48H. The summed E-state index contributed by atoms with van der Waals surface area (Å²) in [5.74, 6) is 0. The smallest absolute Gasteiger partial charge is 0.136 e. The Morgan fingerprint density at radius 1 is 0.227 bits per heavy atom. The molecule has 0 spiro atoms. The number of hydrogen-bond donors (Lipinski definition) is 0. The fourth-order valence-corrected chi connectivity index (χ4v) is 11.2. The molecular weight excluding hydrogens is 909 g/mol. The number of nitrogens with zero attached hydrogens (tertiary/aromatic N) is 2. The van der Waals surface area contributed by atoms with Crippen LogP contribution in [0.1, 0.15) is 0 Å². The lowest BCUT2D eigenvalue weighted by molar-refractivity contribution is 0.669. The second kappa shape index (κ2) is 18.6. The topological polar surface area (TPSA) is 19.6 Å². The minimum Gasteiger partial charge on any atom is -0.456 e. The van der Waals surface area contributed by atoms with Crippen molar-refractivity contribution in [2.24, 2.45) is 0 Å². The molecule has 3 nitrogen and oxygen atoms in total. The van der Waals surface area contributed by atoms with Gasteiger partial charge in [-0.1, -0.05) is 218 Å². The molecule has 352 valence electrons. The van der Waals surface area contributed by atoms with E-state index in [0.717, 1.165) is 89.3 Å². The van der Waals surface area contributed by atoms with Crippen molar-refractivity contribution in [1.29, 1.82) is 0 Å². The van der Waals surface area contributed by atoms with E-state index in [1.807, 2.05) is 12.1 Å². The van der Waals surface area contributed by atoms with Crippen LogP contribution in [0.3, 0.4) is 0 Å². The van der Waals surface area contributed by atoms with Gasteiger partial charge in [0.15, 0.2) is 0 Å². The Bertz CT molecular complexity index is 4430. The van der Waals surface area contributed by atoms with Crippen molar-refractivity contribution < 1.29 is 4.42 Å². The predicted molar refractivity (Wildman–Crippen MR) is 317 cm³/mol. The Labute approximate surface area is 436 Å². The summed E-state index contributed by atoms with van der Waals surface area (Å²) in [6.07, 6.45) is 0. The van der Waals surface area contributed by atoms with Crippen LogP contribution in [0.25, 0.3) is 98.8 Å². The minimum absolute atomic E-state index is 0.899. The van der Waals surface area contributed by atoms with Crippen molar-refractivity contribution in [2.75, 3.05) is 9.80 Å². The molecule has 1 heterocycles. The highest BCUT2D eigenvalue weighted by atomic mass is 16.3. The maximum atomic E-state index is 6.30. The van der Waals surface area contributed by atoms with Crippen LogP contribution in [0.5, 0.6) is 0 Å². The molecule has 0 aliphatic carbocycles. The van der Waals surface area contributed by atoms with Gasteiger partial charge < -0.3 is 14.2 Å². The van der Waals surface area contributed by atoms with Gasteiger partial charge in [-0.3, -0.25) is 0 Å². The van der Waals surface area contributed by atoms with Gasteiger partial charge in [0.1, 0.15) is 11.2 Å². The van der Waals surface area contributed by atoms with Crippen LogP contribution in [0.15, 0.2) is 296 Å². The summed E-state index contributed by atoms with van der Waals surface area (Å²) in [5, 5.41) is 9.33. The van der Waals surface area contributed by atoms with E-state index in [9.17, 15) is 0 Å². The third-order valence-electron chi connectivity index (χ3n) is 14.8. The van der Waals surface area contributed by atoms with Crippen LogP contribution in [-0.2, 0) is 0 Å². The zero-order chi connectivity index (χ0) is 49.7. The summed E-state index contributed by atoms with van der Waals surface area (Å²) < 4.78 is 6.30. The van der Waals surface area contributed by atoms with E-state index < -0.39 is 0 Å². The third kappa shape index (κ3) is 7.95. The Hall–Kier alpha value is -9.96. The van der Waals surface area contributed by atoms with Crippen molar-refractivity contribution in [3.63, 3.8) is 0 Å². The minimum atomic E-state index is 0.899. The normalized spacial score (nSPS) is 11.5. The predicted octanol–water partition coefficient (Wildman–Crippen LogP) is 20.7. The Kier molecular flexibility index (Phi) is 10.8. The van der Waals surface area contributed by atoms with Gasteiger partial charge in [0.25, 0.3) is 0 Å². The van der Waals surface area contributed by atoms with Gasteiger partial charge >= 0.3 is 0 Å². The zero-order valence-electron chi connectivity index (χ0n) is 41.0. The van der Waals surface area contributed by atoms with Crippen LogP contribution < -0.4 is 9.80 Å². The van der Waals surface area contributed by atoms with Crippen LogP contribution in [0.4, 0.5) is 34.1 Å². The summed E-state index contributed by atoms with van der Waals surface area (Å²) in [6.45, 7) is 0. The molecular formula is C72H48N2O. The fraction of sp³-hybridized carbons (Fsp3) is 0. The first-order valence-electron chi connectivity index (χ1n) is 25.6.